The number of rotatable bonds is 9. The Labute approximate surface area is 190 Å². The van der Waals surface area contributed by atoms with E-state index in [0.29, 0.717) is 26.2 Å². The molecule has 0 aliphatic carbocycles. The van der Waals surface area contributed by atoms with Crippen molar-refractivity contribution >= 4 is 33.0 Å². The van der Waals surface area contributed by atoms with Gasteiger partial charge in [0.25, 0.3) is 0 Å². The summed E-state index contributed by atoms with van der Waals surface area (Å²) in [5.74, 6) is 0. The Morgan fingerprint density at radius 2 is 1.61 bits per heavy atom. The molecule has 0 bridgehead atoms. The topological polar surface area (TPSA) is 62.2 Å². The molecular formula is C23H40BN2O4Si. The number of hydrogen-bond acceptors (Lipinski definition) is 4. The molecule has 1 saturated heterocycles. The molecule has 8 heteroatoms. The lowest BCUT2D eigenvalue weighted by molar-refractivity contribution is -0.0893. The van der Waals surface area contributed by atoms with E-state index in [9.17, 15) is 9.90 Å². The van der Waals surface area contributed by atoms with Crippen molar-refractivity contribution in [3.63, 3.8) is 0 Å². The zero-order valence-corrected chi connectivity index (χ0v) is 21.8. The summed E-state index contributed by atoms with van der Waals surface area (Å²) in [7, 11) is -0.151. The fourth-order valence-corrected chi connectivity index (χ4v) is 3.78. The lowest BCUT2D eigenvalue weighted by Gasteiger charge is -2.37. The maximum absolute atomic E-state index is 12.9. The van der Waals surface area contributed by atoms with Crippen LogP contribution in [0.2, 0.25) is 18.1 Å². The molecule has 0 saturated carbocycles. The summed E-state index contributed by atoms with van der Waals surface area (Å²) >= 11 is 0. The SMILES string of the molecule is CC(C)(O)C(C)(C)O[B]c1ccc(N2CCN(CCO[Si](C)(C)C(C)(C)C)C2=O)cc1. The summed E-state index contributed by atoms with van der Waals surface area (Å²) < 4.78 is 12.0. The summed E-state index contributed by atoms with van der Waals surface area (Å²) in [6, 6.07) is 7.73. The highest BCUT2D eigenvalue weighted by Gasteiger charge is 2.38. The van der Waals surface area contributed by atoms with Crippen molar-refractivity contribution in [3.8, 4) is 0 Å². The van der Waals surface area contributed by atoms with Crippen LogP contribution in [0.25, 0.3) is 0 Å². The van der Waals surface area contributed by atoms with Gasteiger partial charge >= 0.3 is 13.5 Å². The van der Waals surface area contributed by atoms with Crippen LogP contribution >= 0.6 is 0 Å². The molecule has 0 unspecified atom stereocenters. The van der Waals surface area contributed by atoms with E-state index in [4.69, 9.17) is 9.08 Å². The maximum Gasteiger partial charge on any atom is 0.330 e. The third-order valence-electron chi connectivity index (χ3n) is 6.89. The molecule has 1 aromatic rings. The Morgan fingerprint density at radius 3 is 2.13 bits per heavy atom. The van der Waals surface area contributed by atoms with Gasteiger partial charge in [-0.05, 0) is 58.0 Å². The van der Waals surface area contributed by atoms with Gasteiger partial charge in [0.1, 0.15) is 0 Å². The van der Waals surface area contributed by atoms with Crippen molar-refractivity contribution in [1.82, 2.24) is 4.90 Å². The van der Waals surface area contributed by atoms with Crippen LogP contribution in [-0.4, -0.2) is 69.3 Å². The number of nitrogens with zero attached hydrogens (tertiary/aromatic N) is 2. The van der Waals surface area contributed by atoms with Gasteiger partial charge in [-0.25, -0.2) is 4.79 Å². The molecule has 6 nitrogen and oxygen atoms in total. The van der Waals surface area contributed by atoms with Crippen LogP contribution in [-0.2, 0) is 9.08 Å². The standard InChI is InChI=1S/C23H40BN2O4Si/c1-21(2,3)31(8,9)29-17-16-25-14-15-26(20(25)27)19-12-10-18(11-13-19)24-30-23(6,7)22(4,5)28/h10-13,28H,14-17H2,1-9H3. The number of aliphatic hydroxyl groups is 1. The number of urea groups is 1. The van der Waals surface area contributed by atoms with E-state index in [-0.39, 0.29) is 11.1 Å². The molecule has 31 heavy (non-hydrogen) atoms. The first-order valence-corrected chi connectivity index (χ1v) is 14.0. The van der Waals surface area contributed by atoms with Crippen LogP contribution in [0.3, 0.4) is 0 Å². The fourth-order valence-electron chi connectivity index (χ4n) is 2.75. The van der Waals surface area contributed by atoms with Crippen molar-refractivity contribution in [2.45, 2.75) is 77.8 Å². The minimum atomic E-state index is -1.80. The van der Waals surface area contributed by atoms with Crippen molar-refractivity contribution in [3.05, 3.63) is 24.3 Å². The Bertz CT molecular complexity index is 754. The average molecular weight is 447 g/mol. The largest absolute Gasteiger partial charge is 0.427 e. The predicted octanol–water partition coefficient (Wildman–Crippen LogP) is 3.76. The Hall–Kier alpha value is -1.35. The van der Waals surface area contributed by atoms with E-state index in [2.05, 4.69) is 33.9 Å². The van der Waals surface area contributed by atoms with Gasteiger partial charge in [0, 0.05) is 25.3 Å². The molecule has 1 N–H and O–H groups in total. The maximum atomic E-state index is 12.9. The van der Waals surface area contributed by atoms with Gasteiger partial charge in [-0.2, -0.15) is 0 Å². The zero-order chi connectivity index (χ0) is 23.7. The van der Waals surface area contributed by atoms with E-state index < -0.39 is 19.5 Å². The second-order valence-electron chi connectivity index (χ2n) is 10.9. The van der Waals surface area contributed by atoms with Crippen LogP contribution in [0.5, 0.6) is 0 Å². The van der Waals surface area contributed by atoms with Gasteiger partial charge in [-0.1, -0.05) is 38.4 Å². The van der Waals surface area contributed by atoms with Crippen molar-refractivity contribution < 1.29 is 19.0 Å². The van der Waals surface area contributed by atoms with Gasteiger partial charge in [0.05, 0.1) is 17.8 Å². The Morgan fingerprint density at radius 1 is 1.03 bits per heavy atom. The van der Waals surface area contributed by atoms with Crippen molar-refractivity contribution in [2.24, 2.45) is 0 Å². The highest BCUT2D eigenvalue weighted by Crippen LogP contribution is 2.36. The number of carbonyl (C=O) groups excluding carboxylic acids is 1. The van der Waals surface area contributed by atoms with E-state index in [1.807, 2.05) is 43.0 Å². The van der Waals surface area contributed by atoms with Crippen LogP contribution in [0, 0.1) is 0 Å². The molecular weight excluding hydrogens is 407 g/mol. The second kappa shape index (κ2) is 9.26. The van der Waals surface area contributed by atoms with E-state index in [1.54, 1.807) is 26.2 Å². The minimum Gasteiger partial charge on any atom is -0.427 e. The number of benzene rings is 1. The number of hydrogen-bond donors (Lipinski definition) is 1. The molecule has 1 heterocycles. The number of carbonyl (C=O) groups is 1. The third kappa shape index (κ3) is 6.34. The van der Waals surface area contributed by atoms with Gasteiger partial charge in [0.15, 0.2) is 8.32 Å². The highest BCUT2D eigenvalue weighted by atomic mass is 28.4. The van der Waals surface area contributed by atoms with Crippen LogP contribution < -0.4 is 10.4 Å². The average Bonchev–Trinajstić information content (AvgIpc) is 2.99. The summed E-state index contributed by atoms with van der Waals surface area (Å²) in [6.07, 6.45) is 0. The fraction of sp³-hybridized carbons (Fsp3) is 0.696. The van der Waals surface area contributed by atoms with Crippen LogP contribution in [0.1, 0.15) is 48.5 Å². The molecule has 0 atom stereocenters. The molecule has 1 aliphatic rings. The molecule has 1 fully saturated rings. The van der Waals surface area contributed by atoms with Crippen LogP contribution in [0.4, 0.5) is 10.5 Å². The van der Waals surface area contributed by atoms with Gasteiger partial charge in [0.2, 0.25) is 0 Å². The molecule has 1 radical (unpaired) electrons. The monoisotopic (exact) mass is 447 g/mol. The molecule has 1 aliphatic heterocycles. The summed E-state index contributed by atoms with van der Waals surface area (Å²) in [6.45, 7) is 20.9. The normalized spacial score (nSPS) is 16.3. The first-order valence-electron chi connectivity index (χ1n) is 11.1. The lowest BCUT2D eigenvalue weighted by Crippen LogP contribution is -2.49. The van der Waals surface area contributed by atoms with Gasteiger partial charge in [-0.15, -0.1) is 0 Å². The Kier molecular flexibility index (Phi) is 7.74. The third-order valence-corrected chi connectivity index (χ3v) is 11.4. The Balaban J connectivity index is 1.90. The zero-order valence-electron chi connectivity index (χ0n) is 20.8. The molecule has 173 valence electrons. The van der Waals surface area contributed by atoms with E-state index in [1.165, 1.54) is 0 Å². The quantitative estimate of drug-likeness (QED) is 0.586. The molecule has 0 spiro atoms. The van der Waals surface area contributed by atoms with E-state index in [0.717, 1.165) is 11.2 Å². The molecule has 2 rings (SSSR count). The van der Waals surface area contributed by atoms with Crippen LogP contribution in [0.15, 0.2) is 24.3 Å². The van der Waals surface area contributed by atoms with Crippen molar-refractivity contribution in [1.29, 1.82) is 0 Å². The summed E-state index contributed by atoms with van der Waals surface area (Å²) in [5, 5.41) is 10.4. The van der Waals surface area contributed by atoms with E-state index >= 15 is 0 Å². The summed E-state index contributed by atoms with van der Waals surface area (Å²) in [4.78, 5) is 16.5. The second-order valence-corrected chi connectivity index (χ2v) is 15.7. The molecule has 0 aromatic heterocycles. The smallest absolute Gasteiger partial charge is 0.330 e. The predicted molar refractivity (Wildman–Crippen MR) is 131 cm³/mol. The first kappa shape index (κ1) is 25.9. The highest BCUT2D eigenvalue weighted by molar-refractivity contribution is 6.74. The molecule has 1 aromatic carbocycles. The molecule has 2 amide bonds. The number of anilines is 1. The van der Waals surface area contributed by atoms with Gasteiger partial charge in [-0.3, -0.25) is 4.90 Å². The van der Waals surface area contributed by atoms with Gasteiger partial charge < -0.3 is 19.1 Å². The first-order chi connectivity index (χ1) is 14.1. The van der Waals surface area contributed by atoms with Crippen molar-refractivity contribution in [2.75, 3.05) is 31.1 Å². The number of amides is 2. The lowest BCUT2D eigenvalue weighted by atomic mass is 9.82. The summed E-state index contributed by atoms with van der Waals surface area (Å²) in [5.41, 5.74) is 0.0660. The minimum absolute atomic E-state index is 0.0231.